The smallest absolute Gasteiger partial charge is 0.341 e. The van der Waals surface area contributed by atoms with E-state index in [4.69, 9.17) is 15.6 Å². The van der Waals surface area contributed by atoms with Crippen LogP contribution in [0.15, 0.2) is 22.7 Å². The molecule has 0 atom stereocenters. The second-order valence-corrected chi connectivity index (χ2v) is 3.23. The fourth-order valence-corrected chi connectivity index (χ4v) is 1.13. The lowest BCUT2D eigenvalue weighted by Crippen LogP contribution is -2.09. The molecule has 0 aliphatic rings. The van der Waals surface area contributed by atoms with E-state index < -0.39 is 5.97 Å². The average Bonchev–Trinajstić information content (AvgIpc) is 2.06. The number of carboxylic acids is 1. The molecular formula is C8H8BrNO3. The van der Waals surface area contributed by atoms with Crippen LogP contribution in [0.3, 0.4) is 0 Å². The van der Waals surface area contributed by atoms with Crippen LogP contribution < -0.4 is 10.5 Å². The molecule has 0 aliphatic carbocycles. The van der Waals surface area contributed by atoms with Gasteiger partial charge in [-0.2, -0.15) is 0 Å². The number of hydrogen-bond acceptors (Lipinski definition) is 3. The third-order valence-electron chi connectivity index (χ3n) is 1.31. The number of anilines is 1. The number of hydrogen-bond donors (Lipinski definition) is 2. The van der Waals surface area contributed by atoms with Gasteiger partial charge in [-0.25, -0.2) is 4.79 Å². The van der Waals surface area contributed by atoms with Crippen molar-refractivity contribution in [1.82, 2.24) is 0 Å². The fraction of sp³-hybridized carbons (Fsp3) is 0.125. The van der Waals surface area contributed by atoms with Gasteiger partial charge in [-0.05, 0) is 28.1 Å². The minimum Gasteiger partial charge on any atom is -0.481 e. The van der Waals surface area contributed by atoms with Crippen LogP contribution in [0.4, 0.5) is 5.69 Å². The van der Waals surface area contributed by atoms with E-state index in [0.717, 1.165) is 0 Å². The number of benzene rings is 1. The van der Waals surface area contributed by atoms with Crippen molar-refractivity contribution in [1.29, 1.82) is 0 Å². The maximum Gasteiger partial charge on any atom is 0.341 e. The molecule has 1 aromatic rings. The average molecular weight is 246 g/mol. The van der Waals surface area contributed by atoms with Crippen LogP contribution >= 0.6 is 15.9 Å². The Morgan fingerprint density at radius 1 is 1.62 bits per heavy atom. The van der Waals surface area contributed by atoms with Gasteiger partial charge in [0.15, 0.2) is 6.61 Å². The van der Waals surface area contributed by atoms with E-state index in [1.54, 1.807) is 18.2 Å². The summed E-state index contributed by atoms with van der Waals surface area (Å²) >= 11 is 3.21. The van der Waals surface area contributed by atoms with Crippen LogP contribution in [0.5, 0.6) is 5.75 Å². The largest absolute Gasteiger partial charge is 0.481 e. The highest BCUT2D eigenvalue weighted by molar-refractivity contribution is 9.10. The highest BCUT2D eigenvalue weighted by atomic mass is 79.9. The number of carbonyl (C=O) groups is 1. The molecule has 0 aromatic heterocycles. The summed E-state index contributed by atoms with van der Waals surface area (Å²) in [5.41, 5.74) is 6.02. The van der Waals surface area contributed by atoms with Crippen molar-refractivity contribution in [2.75, 3.05) is 12.3 Å². The Bertz CT molecular complexity index is 327. The van der Waals surface area contributed by atoms with Crippen molar-refractivity contribution >= 4 is 27.6 Å². The van der Waals surface area contributed by atoms with Crippen molar-refractivity contribution in [3.8, 4) is 5.75 Å². The number of ether oxygens (including phenoxy) is 1. The van der Waals surface area contributed by atoms with Gasteiger partial charge < -0.3 is 15.6 Å². The summed E-state index contributed by atoms with van der Waals surface area (Å²) in [6.45, 7) is -0.373. The SMILES string of the molecule is Nc1ccc(Br)c(OCC(=O)O)c1. The normalized spacial score (nSPS) is 9.62. The van der Waals surface area contributed by atoms with Gasteiger partial charge in [0, 0.05) is 11.8 Å². The Morgan fingerprint density at radius 2 is 2.31 bits per heavy atom. The second kappa shape index (κ2) is 4.13. The molecule has 0 spiro atoms. The van der Waals surface area contributed by atoms with Crippen LogP contribution in [0.1, 0.15) is 0 Å². The second-order valence-electron chi connectivity index (χ2n) is 2.37. The molecule has 0 heterocycles. The number of nitrogens with two attached hydrogens (primary N) is 1. The summed E-state index contributed by atoms with van der Waals surface area (Å²) in [5, 5.41) is 8.36. The molecule has 0 radical (unpaired) electrons. The van der Waals surface area contributed by atoms with Gasteiger partial charge in [0.25, 0.3) is 0 Å². The first kappa shape index (κ1) is 9.85. The van der Waals surface area contributed by atoms with E-state index >= 15 is 0 Å². The van der Waals surface area contributed by atoms with Gasteiger partial charge in [0.1, 0.15) is 5.75 Å². The molecule has 0 bridgehead atoms. The molecule has 1 aromatic carbocycles. The number of rotatable bonds is 3. The zero-order valence-electron chi connectivity index (χ0n) is 6.66. The number of aliphatic carboxylic acids is 1. The van der Waals surface area contributed by atoms with Crippen molar-refractivity contribution in [3.05, 3.63) is 22.7 Å². The van der Waals surface area contributed by atoms with Gasteiger partial charge in [0.2, 0.25) is 0 Å². The molecular weight excluding hydrogens is 238 g/mol. The summed E-state index contributed by atoms with van der Waals surface area (Å²) in [5.74, 6) is -0.586. The van der Waals surface area contributed by atoms with E-state index in [9.17, 15) is 4.79 Å². The van der Waals surface area contributed by atoms with E-state index in [1.165, 1.54) is 0 Å². The van der Waals surface area contributed by atoms with Crippen LogP contribution in [0, 0.1) is 0 Å². The standard InChI is InChI=1S/C8H8BrNO3/c9-6-2-1-5(10)3-7(6)13-4-8(11)12/h1-3H,4,10H2,(H,11,12). The van der Waals surface area contributed by atoms with Gasteiger partial charge in [-0.3, -0.25) is 0 Å². The quantitative estimate of drug-likeness (QED) is 0.792. The highest BCUT2D eigenvalue weighted by Crippen LogP contribution is 2.26. The molecule has 0 saturated heterocycles. The predicted molar refractivity (Wildman–Crippen MR) is 51.7 cm³/mol. The Kier molecular flexibility index (Phi) is 3.13. The van der Waals surface area contributed by atoms with Crippen molar-refractivity contribution in [2.45, 2.75) is 0 Å². The number of nitrogen functional groups attached to an aromatic ring is 1. The minimum absolute atomic E-state index is 0.373. The Morgan fingerprint density at radius 3 is 2.92 bits per heavy atom. The highest BCUT2D eigenvalue weighted by Gasteiger charge is 2.03. The molecule has 70 valence electrons. The van der Waals surface area contributed by atoms with Crippen LogP contribution in [-0.4, -0.2) is 17.7 Å². The first-order chi connectivity index (χ1) is 6.09. The van der Waals surface area contributed by atoms with Gasteiger partial charge in [-0.15, -0.1) is 0 Å². The summed E-state index contributed by atoms with van der Waals surface area (Å²) < 4.78 is 5.64. The van der Waals surface area contributed by atoms with E-state index in [-0.39, 0.29) is 6.61 Å². The molecule has 4 nitrogen and oxygen atoms in total. The molecule has 0 saturated carbocycles. The topological polar surface area (TPSA) is 72.5 Å². The minimum atomic E-state index is -1.02. The summed E-state index contributed by atoms with van der Waals surface area (Å²) in [4.78, 5) is 10.2. The summed E-state index contributed by atoms with van der Waals surface area (Å²) in [6, 6.07) is 4.96. The van der Waals surface area contributed by atoms with E-state index in [1.807, 2.05) is 0 Å². The summed E-state index contributed by atoms with van der Waals surface area (Å²) in [6.07, 6.45) is 0. The molecule has 0 fully saturated rings. The van der Waals surface area contributed by atoms with Gasteiger partial charge in [-0.1, -0.05) is 0 Å². The van der Waals surface area contributed by atoms with Gasteiger partial charge >= 0.3 is 5.97 Å². The number of halogens is 1. The summed E-state index contributed by atoms with van der Waals surface area (Å²) in [7, 11) is 0. The lowest BCUT2D eigenvalue weighted by Gasteiger charge is -2.05. The lowest BCUT2D eigenvalue weighted by atomic mass is 10.3. The van der Waals surface area contributed by atoms with Crippen LogP contribution in [-0.2, 0) is 4.79 Å². The molecule has 0 amide bonds. The Labute approximate surface area is 83.4 Å². The third kappa shape index (κ3) is 2.95. The van der Waals surface area contributed by atoms with Crippen molar-refractivity contribution < 1.29 is 14.6 Å². The predicted octanol–water partition coefficient (Wildman–Crippen LogP) is 1.49. The maximum absolute atomic E-state index is 10.2. The zero-order valence-corrected chi connectivity index (χ0v) is 8.24. The molecule has 0 aliphatic heterocycles. The van der Waals surface area contributed by atoms with Crippen molar-refractivity contribution in [3.63, 3.8) is 0 Å². The van der Waals surface area contributed by atoms with E-state index in [0.29, 0.717) is 15.9 Å². The molecule has 3 N–H and O–H groups in total. The fourth-order valence-electron chi connectivity index (χ4n) is 0.770. The maximum atomic E-state index is 10.2. The molecule has 0 unspecified atom stereocenters. The molecule has 5 heteroatoms. The van der Waals surface area contributed by atoms with Crippen molar-refractivity contribution in [2.24, 2.45) is 0 Å². The third-order valence-corrected chi connectivity index (χ3v) is 1.96. The van der Waals surface area contributed by atoms with E-state index in [2.05, 4.69) is 15.9 Å². The van der Waals surface area contributed by atoms with Crippen LogP contribution in [0.25, 0.3) is 0 Å². The Hall–Kier alpha value is -1.23. The van der Waals surface area contributed by atoms with Gasteiger partial charge in [0.05, 0.1) is 4.47 Å². The first-order valence-corrected chi connectivity index (χ1v) is 4.28. The molecule has 13 heavy (non-hydrogen) atoms. The van der Waals surface area contributed by atoms with Crippen LogP contribution in [0.2, 0.25) is 0 Å². The lowest BCUT2D eigenvalue weighted by molar-refractivity contribution is -0.139. The number of carboxylic acid groups (broad SMARTS) is 1. The molecule has 1 rings (SSSR count). The Balaban J connectivity index is 2.75. The first-order valence-electron chi connectivity index (χ1n) is 3.49. The monoisotopic (exact) mass is 245 g/mol. The zero-order chi connectivity index (χ0) is 9.84.